The van der Waals surface area contributed by atoms with E-state index in [4.69, 9.17) is 9.26 Å². The molecule has 184 valence electrons. The van der Waals surface area contributed by atoms with Crippen LogP contribution >= 0.6 is 12.4 Å². The molecule has 1 saturated carbocycles. The number of fused-ring (bicyclic) bond motifs is 3. The zero-order valence-corrected chi connectivity index (χ0v) is 20.9. The van der Waals surface area contributed by atoms with Gasteiger partial charge in [-0.05, 0) is 18.4 Å². The fraction of sp³-hybridized carbons (Fsp3) is 0.448. The summed E-state index contributed by atoms with van der Waals surface area (Å²) in [4.78, 5) is 13.7. The Balaban J connectivity index is 0.00000253. The Hall–Kier alpha value is -2.63. The van der Waals surface area contributed by atoms with Crippen LogP contribution in [0, 0.1) is 5.92 Å². The third-order valence-corrected chi connectivity index (χ3v) is 8.59. The highest BCUT2D eigenvalue weighted by atomic mass is 35.5. The lowest BCUT2D eigenvalue weighted by Crippen LogP contribution is -2.64. The first-order valence-electron chi connectivity index (χ1n) is 12.8. The van der Waals surface area contributed by atoms with E-state index in [-0.39, 0.29) is 24.5 Å². The number of carbonyl (C=O) groups is 1. The first-order chi connectivity index (χ1) is 16.7. The largest absolute Gasteiger partial charge is 0.455 e. The summed E-state index contributed by atoms with van der Waals surface area (Å²) in [6.07, 6.45) is 6.20. The minimum atomic E-state index is -0.463. The van der Waals surface area contributed by atoms with Crippen LogP contribution in [0.5, 0.6) is 0 Å². The lowest BCUT2D eigenvalue weighted by molar-refractivity contribution is -0.958. The molecule has 1 aromatic heterocycles. The van der Waals surface area contributed by atoms with Gasteiger partial charge in [0.05, 0.1) is 18.5 Å². The number of ether oxygens (including phenoxy) is 1. The van der Waals surface area contributed by atoms with E-state index in [0.29, 0.717) is 5.92 Å². The van der Waals surface area contributed by atoms with E-state index in [1.807, 2.05) is 48.5 Å². The number of benzene rings is 2. The first kappa shape index (κ1) is 24.1. The van der Waals surface area contributed by atoms with Gasteiger partial charge in [-0.15, -0.1) is 12.4 Å². The first-order valence-corrected chi connectivity index (χ1v) is 12.8. The van der Waals surface area contributed by atoms with Gasteiger partial charge in [0, 0.05) is 30.4 Å². The van der Waals surface area contributed by atoms with Crippen LogP contribution in [0.25, 0.3) is 11.3 Å². The van der Waals surface area contributed by atoms with Crippen LogP contribution in [0.15, 0.2) is 71.3 Å². The number of esters is 1. The third kappa shape index (κ3) is 4.52. The Morgan fingerprint density at radius 2 is 1.66 bits per heavy atom. The fourth-order valence-electron chi connectivity index (χ4n) is 6.64. The summed E-state index contributed by atoms with van der Waals surface area (Å²) in [7, 11) is 0. The van der Waals surface area contributed by atoms with E-state index >= 15 is 0 Å². The maximum atomic E-state index is 13.7. The molecule has 2 aromatic carbocycles. The molecule has 3 aliphatic heterocycles. The number of piperidine rings is 3. The summed E-state index contributed by atoms with van der Waals surface area (Å²) in [6, 6.07) is 22.5. The van der Waals surface area contributed by atoms with Gasteiger partial charge in [0.25, 0.3) is 0 Å². The number of quaternary nitrogens is 1. The summed E-state index contributed by atoms with van der Waals surface area (Å²) >= 11 is 0. The van der Waals surface area contributed by atoms with Crippen LogP contribution in [0.1, 0.15) is 49.8 Å². The topological polar surface area (TPSA) is 52.3 Å². The van der Waals surface area contributed by atoms with Gasteiger partial charge < -0.3 is 13.7 Å². The molecule has 6 heteroatoms. The van der Waals surface area contributed by atoms with Crippen LogP contribution in [0.2, 0.25) is 0 Å². The number of halogens is 1. The van der Waals surface area contributed by atoms with Crippen molar-refractivity contribution < 1.29 is 18.5 Å². The monoisotopic (exact) mass is 493 g/mol. The van der Waals surface area contributed by atoms with Crippen LogP contribution in [0.3, 0.4) is 0 Å². The molecule has 7 rings (SSSR count). The van der Waals surface area contributed by atoms with Gasteiger partial charge in [0.1, 0.15) is 18.8 Å². The summed E-state index contributed by atoms with van der Waals surface area (Å²) < 4.78 is 13.0. The lowest BCUT2D eigenvalue weighted by Gasteiger charge is -2.52. The second kappa shape index (κ2) is 9.79. The number of rotatable bonds is 6. The molecule has 4 fully saturated rings. The van der Waals surface area contributed by atoms with Gasteiger partial charge >= 0.3 is 5.97 Å². The molecule has 0 unspecified atom stereocenters. The fourth-order valence-corrected chi connectivity index (χ4v) is 6.64. The number of hydrogen-bond acceptors (Lipinski definition) is 4. The van der Waals surface area contributed by atoms with Crippen molar-refractivity contribution >= 4 is 18.4 Å². The van der Waals surface area contributed by atoms with Crippen molar-refractivity contribution in [2.24, 2.45) is 5.92 Å². The molecule has 1 atom stereocenters. The number of aromatic nitrogens is 1. The molecule has 3 saturated heterocycles. The number of carbonyl (C=O) groups excluding carboxylic acids is 1. The number of hydrogen-bond donors (Lipinski definition) is 0. The predicted molar refractivity (Wildman–Crippen MR) is 137 cm³/mol. The van der Waals surface area contributed by atoms with Crippen LogP contribution in [0.4, 0.5) is 0 Å². The standard InChI is InChI=1S/C29H33N2O3.ClH/c32-28(29(15-7-8-16-29)24-11-5-2-6-12-24)33-27-21-31(17-13-23(27)14-18-31)20-25-19-26(34-30-25)22-9-3-1-4-10-22;/h1-6,9-12,19,23,27H,7-8,13-18,20-21H2;1H/q+1;/t23?,27-,31?;/m0./s1. The van der Waals surface area contributed by atoms with Crippen molar-refractivity contribution in [1.82, 2.24) is 5.16 Å². The van der Waals surface area contributed by atoms with Crippen molar-refractivity contribution in [2.45, 2.75) is 56.6 Å². The highest BCUT2D eigenvalue weighted by Crippen LogP contribution is 2.44. The summed E-state index contributed by atoms with van der Waals surface area (Å²) in [5.41, 5.74) is 2.70. The summed E-state index contributed by atoms with van der Waals surface area (Å²) in [5, 5.41) is 4.40. The Morgan fingerprint density at radius 3 is 2.34 bits per heavy atom. The van der Waals surface area contributed by atoms with Gasteiger partial charge in [-0.1, -0.05) is 78.7 Å². The van der Waals surface area contributed by atoms with Crippen LogP contribution in [-0.2, 0) is 21.5 Å². The van der Waals surface area contributed by atoms with Crippen molar-refractivity contribution in [3.8, 4) is 11.3 Å². The molecule has 0 N–H and O–H groups in total. The molecule has 4 heterocycles. The smallest absolute Gasteiger partial charge is 0.317 e. The van der Waals surface area contributed by atoms with Gasteiger partial charge in [-0.25, -0.2) is 0 Å². The highest BCUT2D eigenvalue weighted by molar-refractivity contribution is 5.85. The second-order valence-corrected chi connectivity index (χ2v) is 10.6. The molecule has 0 amide bonds. The van der Waals surface area contributed by atoms with Crippen molar-refractivity contribution in [3.05, 3.63) is 78.0 Å². The summed E-state index contributed by atoms with van der Waals surface area (Å²) in [6.45, 7) is 3.96. The highest BCUT2D eigenvalue weighted by Gasteiger charge is 2.51. The van der Waals surface area contributed by atoms with E-state index in [1.165, 1.54) is 0 Å². The minimum absolute atomic E-state index is 0. The van der Waals surface area contributed by atoms with Crippen molar-refractivity contribution in [3.63, 3.8) is 0 Å². The molecule has 3 aromatic rings. The zero-order chi connectivity index (χ0) is 23.0. The van der Waals surface area contributed by atoms with Gasteiger partial charge in [0.15, 0.2) is 11.9 Å². The maximum absolute atomic E-state index is 13.7. The number of nitrogens with zero attached hydrogens (tertiary/aromatic N) is 2. The average molecular weight is 494 g/mol. The van der Waals surface area contributed by atoms with E-state index in [9.17, 15) is 4.79 Å². The maximum Gasteiger partial charge on any atom is 0.317 e. The molecule has 35 heavy (non-hydrogen) atoms. The van der Waals surface area contributed by atoms with Gasteiger partial charge in [-0.3, -0.25) is 4.79 Å². The predicted octanol–water partition coefficient (Wildman–Crippen LogP) is 5.93. The molecule has 4 aliphatic rings. The van der Waals surface area contributed by atoms with Crippen molar-refractivity contribution in [1.29, 1.82) is 0 Å². The molecule has 2 bridgehead atoms. The summed E-state index contributed by atoms with van der Waals surface area (Å²) in [5.74, 6) is 1.30. The minimum Gasteiger partial charge on any atom is -0.455 e. The molecule has 0 radical (unpaired) electrons. The molecular weight excluding hydrogens is 460 g/mol. The third-order valence-electron chi connectivity index (χ3n) is 8.59. The molecule has 1 aliphatic carbocycles. The Labute approximate surface area is 213 Å². The van der Waals surface area contributed by atoms with E-state index < -0.39 is 5.41 Å². The zero-order valence-electron chi connectivity index (χ0n) is 20.1. The van der Waals surface area contributed by atoms with Crippen LogP contribution in [-0.4, -0.2) is 41.3 Å². The van der Waals surface area contributed by atoms with Gasteiger partial charge in [-0.2, -0.15) is 0 Å². The van der Waals surface area contributed by atoms with E-state index in [1.54, 1.807) is 0 Å². The van der Waals surface area contributed by atoms with Gasteiger partial charge in [0.2, 0.25) is 0 Å². The molecule has 0 spiro atoms. The normalized spacial score (nSPS) is 26.7. The van der Waals surface area contributed by atoms with Crippen molar-refractivity contribution in [2.75, 3.05) is 19.6 Å². The Morgan fingerprint density at radius 1 is 1.00 bits per heavy atom. The lowest BCUT2D eigenvalue weighted by atomic mass is 9.78. The van der Waals surface area contributed by atoms with E-state index in [2.05, 4.69) is 23.4 Å². The van der Waals surface area contributed by atoms with E-state index in [0.717, 1.165) is 91.8 Å². The second-order valence-electron chi connectivity index (χ2n) is 10.6. The quantitative estimate of drug-likeness (QED) is 0.315. The molecule has 5 nitrogen and oxygen atoms in total. The Kier molecular flexibility index (Phi) is 6.73. The molecular formula is C29H34ClN2O3+. The van der Waals surface area contributed by atoms with Crippen LogP contribution < -0.4 is 0 Å². The average Bonchev–Trinajstić information content (AvgIpc) is 3.57. The SMILES string of the molecule is Cl.O=C(O[C@H]1C[N+]2(Cc3cc(-c4ccccc4)on3)CCC1CC2)C1(c2ccccc2)CCCC1. The Bertz CT molecular complexity index is 1130.